The molecule has 0 radical (unpaired) electrons. The van der Waals surface area contributed by atoms with Crippen LogP contribution in [0.25, 0.3) is 11.1 Å². The van der Waals surface area contributed by atoms with E-state index in [1.807, 2.05) is 0 Å². The van der Waals surface area contributed by atoms with Crippen molar-refractivity contribution in [2.45, 2.75) is 32.0 Å². The maximum atomic E-state index is 13.4. The number of aliphatic hydroxyl groups excluding tert-OH is 1. The highest BCUT2D eigenvalue weighted by molar-refractivity contribution is 5.89. The van der Waals surface area contributed by atoms with E-state index in [0.29, 0.717) is 23.4 Å². The van der Waals surface area contributed by atoms with Gasteiger partial charge in [0.15, 0.2) is 0 Å². The highest BCUT2D eigenvalue weighted by atomic mass is 19.4. The van der Waals surface area contributed by atoms with Gasteiger partial charge in [0, 0.05) is 19.2 Å². The molecule has 2 aromatic carbocycles. The van der Waals surface area contributed by atoms with Gasteiger partial charge in [0.25, 0.3) is 0 Å². The molecule has 3 rings (SSSR count). The van der Waals surface area contributed by atoms with Crippen LogP contribution in [0.15, 0.2) is 42.5 Å². The molecule has 1 fully saturated rings. The number of carbonyl (C=O) groups excluding carboxylic acids is 1. The van der Waals surface area contributed by atoms with Gasteiger partial charge in [-0.1, -0.05) is 12.1 Å². The normalized spacial score (nSPS) is 15.8. The molecule has 30 heavy (non-hydrogen) atoms. The molecule has 5 nitrogen and oxygen atoms in total. The van der Waals surface area contributed by atoms with Crippen molar-refractivity contribution in [3.8, 4) is 16.9 Å². The number of benzene rings is 2. The van der Waals surface area contributed by atoms with E-state index in [0.717, 1.165) is 38.1 Å². The van der Waals surface area contributed by atoms with E-state index in [2.05, 4.69) is 10.2 Å². The van der Waals surface area contributed by atoms with Crippen molar-refractivity contribution in [1.29, 1.82) is 0 Å². The zero-order valence-corrected chi connectivity index (χ0v) is 16.7. The number of halogens is 3. The average Bonchev–Trinajstić information content (AvgIpc) is 3.18. The smallest absolute Gasteiger partial charge is 0.416 e. The first-order chi connectivity index (χ1) is 14.2. The molecule has 8 heteroatoms. The van der Waals surface area contributed by atoms with Crippen molar-refractivity contribution in [2.75, 3.05) is 31.6 Å². The maximum absolute atomic E-state index is 13.4. The largest absolute Gasteiger partial charge is 0.491 e. The molecule has 0 bridgehead atoms. The predicted molar refractivity (Wildman–Crippen MR) is 108 cm³/mol. The molecular formula is C22H25F3N2O3. The highest BCUT2D eigenvalue weighted by Gasteiger charge is 2.31. The Morgan fingerprint density at radius 1 is 1.17 bits per heavy atom. The molecule has 1 aliphatic heterocycles. The molecule has 1 heterocycles. The minimum atomic E-state index is -4.54. The molecule has 162 valence electrons. The van der Waals surface area contributed by atoms with E-state index < -0.39 is 17.8 Å². The summed E-state index contributed by atoms with van der Waals surface area (Å²) in [7, 11) is 0. The molecule has 2 N–H and O–H groups in total. The van der Waals surface area contributed by atoms with Crippen LogP contribution >= 0.6 is 0 Å². The number of ether oxygens (including phenoxy) is 1. The van der Waals surface area contributed by atoms with Gasteiger partial charge in [-0.3, -0.25) is 4.79 Å². The SMILES string of the molecule is CC(=O)Nc1cccc(-c2cc(OCC(O)CN3CCCC3)cc(C(F)(F)F)c2)c1. The van der Waals surface area contributed by atoms with Crippen LogP contribution in [0.1, 0.15) is 25.3 Å². The predicted octanol–water partition coefficient (Wildman–Crippen LogP) is 4.17. The molecular weight excluding hydrogens is 397 g/mol. The van der Waals surface area contributed by atoms with Crippen LogP contribution in [0, 0.1) is 0 Å². The molecule has 2 aromatic rings. The molecule has 0 aromatic heterocycles. The van der Waals surface area contributed by atoms with Crippen molar-refractivity contribution in [3.63, 3.8) is 0 Å². The third-order valence-electron chi connectivity index (χ3n) is 4.86. The highest BCUT2D eigenvalue weighted by Crippen LogP contribution is 2.36. The topological polar surface area (TPSA) is 61.8 Å². The Morgan fingerprint density at radius 3 is 2.57 bits per heavy atom. The second kappa shape index (κ2) is 9.49. The third-order valence-corrected chi connectivity index (χ3v) is 4.86. The number of rotatable bonds is 7. The minimum absolute atomic E-state index is 0.0326. The van der Waals surface area contributed by atoms with Crippen molar-refractivity contribution < 1.29 is 27.8 Å². The Morgan fingerprint density at radius 2 is 1.90 bits per heavy atom. The van der Waals surface area contributed by atoms with Crippen LogP contribution in [0.5, 0.6) is 5.75 Å². The summed E-state index contributed by atoms with van der Waals surface area (Å²) in [6.07, 6.45) is -3.16. The summed E-state index contributed by atoms with van der Waals surface area (Å²) < 4.78 is 45.8. The number of aliphatic hydroxyl groups is 1. The molecule has 1 atom stereocenters. The molecule has 0 saturated carbocycles. The fourth-order valence-electron chi connectivity index (χ4n) is 3.50. The van der Waals surface area contributed by atoms with Crippen LogP contribution in [0.3, 0.4) is 0 Å². The Kier molecular flexibility index (Phi) is 6.99. The van der Waals surface area contributed by atoms with Gasteiger partial charge in [0.05, 0.1) is 5.56 Å². The lowest BCUT2D eigenvalue weighted by Crippen LogP contribution is -2.33. The van der Waals surface area contributed by atoms with Crippen molar-refractivity contribution in [1.82, 2.24) is 4.90 Å². The lowest BCUT2D eigenvalue weighted by atomic mass is 10.0. The Labute approximate surface area is 173 Å². The Bertz CT molecular complexity index is 880. The zero-order valence-electron chi connectivity index (χ0n) is 16.7. The van der Waals surface area contributed by atoms with Gasteiger partial charge in [-0.05, 0) is 67.4 Å². The minimum Gasteiger partial charge on any atom is -0.491 e. The Balaban J connectivity index is 1.81. The van der Waals surface area contributed by atoms with Crippen molar-refractivity contribution in [2.24, 2.45) is 0 Å². The van der Waals surface area contributed by atoms with Crippen LogP contribution < -0.4 is 10.1 Å². The van der Waals surface area contributed by atoms with E-state index in [1.54, 1.807) is 24.3 Å². The summed E-state index contributed by atoms with van der Waals surface area (Å²) in [5.41, 5.74) is 0.464. The summed E-state index contributed by atoms with van der Waals surface area (Å²) in [5.74, 6) is -0.238. The first-order valence-electron chi connectivity index (χ1n) is 9.84. The van der Waals surface area contributed by atoms with Gasteiger partial charge in [0.1, 0.15) is 18.5 Å². The molecule has 1 saturated heterocycles. The van der Waals surface area contributed by atoms with Crippen LogP contribution in [-0.4, -0.2) is 48.3 Å². The second-order valence-electron chi connectivity index (χ2n) is 7.48. The second-order valence-corrected chi connectivity index (χ2v) is 7.48. The Hall–Kier alpha value is -2.58. The van der Waals surface area contributed by atoms with Crippen LogP contribution in [0.2, 0.25) is 0 Å². The number of anilines is 1. The average molecular weight is 422 g/mol. The summed E-state index contributed by atoms with van der Waals surface area (Å²) in [6, 6.07) is 10.1. The van der Waals surface area contributed by atoms with Gasteiger partial charge >= 0.3 is 6.18 Å². The molecule has 0 spiro atoms. The first kappa shape index (κ1) is 22.1. The number of alkyl halides is 3. The summed E-state index contributed by atoms with van der Waals surface area (Å²) in [5, 5.41) is 12.8. The lowest BCUT2D eigenvalue weighted by Gasteiger charge is -2.20. The summed E-state index contributed by atoms with van der Waals surface area (Å²) >= 11 is 0. The van der Waals surface area contributed by atoms with E-state index in [1.165, 1.54) is 13.0 Å². The number of nitrogens with zero attached hydrogens (tertiary/aromatic N) is 1. The zero-order chi connectivity index (χ0) is 21.7. The van der Waals surface area contributed by atoms with Gasteiger partial charge < -0.3 is 20.1 Å². The van der Waals surface area contributed by atoms with Gasteiger partial charge in [-0.25, -0.2) is 0 Å². The first-order valence-corrected chi connectivity index (χ1v) is 9.84. The van der Waals surface area contributed by atoms with E-state index in [-0.39, 0.29) is 18.3 Å². The number of likely N-dealkylation sites (tertiary alicyclic amines) is 1. The van der Waals surface area contributed by atoms with E-state index in [4.69, 9.17) is 4.74 Å². The fraction of sp³-hybridized carbons (Fsp3) is 0.409. The monoisotopic (exact) mass is 422 g/mol. The van der Waals surface area contributed by atoms with Gasteiger partial charge in [0.2, 0.25) is 5.91 Å². The van der Waals surface area contributed by atoms with Gasteiger partial charge in [-0.15, -0.1) is 0 Å². The van der Waals surface area contributed by atoms with Crippen LogP contribution in [-0.2, 0) is 11.0 Å². The van der Waals surface area contributed by atoms with Gasteiger partial charge in [-0.2, -0.15) is 13.2 Å². The van der Waals surface area contributed by atoms with E-state index in [9.17, 15) is 23.1 Å². The molecule has 1 unspecified atom stereocenters. The maximum Gasteiger partial charge on any atom is 0.416 e. The quantitative estimate of drug-likeness (QED) is 0.703. The van der Waals surface area contributed by atoms with Crippen molar-refractivity contribution >= 4 is 11.6 Å². The van der Waals surface area contributed by atoms with Crippen molar-refractivity contribution in [3.05, 3.63) is 48.0 Å². The number of carbonyl (C=O) groups is 1. The standard InChI is InChI=1S/C22H25F3N2O3/c1-15(28)26-19-6-4-5-16(10-19)17-9-18(22(23,24)25)12-21(11-17)30-14-20(29)13-27-7-2-3-8-27/h4-6,9-12,20,29H,2-3,7-8,13-14H2,1H3,(H,26,28). The summed E-state index contributed by atoms with van der Waals surface area (Å²) in [4.78, 5) is 13.4. The van der Waals surface area contributed by atoms with E-state index >= 15 is 0 Å². The molecule has 1 aliphatic rings. The third kappa shape index (κ3) is 6.21. The number of hydrogen-bond donors (Lipinski definition) is 2. The molecule has 1 amide bonds. The number of hydrogen-bond acceptors (Lipinski definition) is 4. The lowest BCUT2D eigenvalue weighted by molar-refractivity contribution is -0.137. The number of nitrogens with one attached hydrogen (secondary N) is 1. The van der Waals surface area contributed by atoms with Crippen LogP contribution in [0.4, 0.5) is 18.9 Å². The number of amides is 1. The fourth-order valence-corrected chi connectivity index (χ4v) is 3.50. The number of β-amino-alcohol motifs (C(OH)–C–C–N with tert-alkyl or cyclic N) is 1. The molecule has 0 aliphatic carbocycles. The summed E-state index contributed by atoms with van der Waals surface area (Å²) in [6.45, 7) is 3.52.